The van der Waals surface area contributed by atoms with E-state index in [0.29, 0.717) is 19.4 Å². The second-order valence-electron chi connectivity index (χ2n) is 7.64. The molecule has 0 saturated carbocycles. The van der Waals surface area contributed by atoms with E-state index in [1.807, 2.05) is 30.0 Å². The number of nitrogens with zero attached hydrogens (tertiary/aromatic N) is 1. The number of carbonyl (C=O) groups is 2. The number of carbonyl (C=O) groups excluding carboxylic acids is 2. The van der Waals surface area contributed by atoms with E-state index < -0.39 is 0 Å². The molecule has 0 spiro atoms. The average molecular weight is 386 g/mol. The van der Waals surface area contributed by atoms with Gasteiger partial charge in [-0.25, -0.2) is 0 Å². The molecular formula is C23H31NO4. The molecule has 152 valence electrons. The summed E-state index contributed by atoms with van der Waals surface area (Å²) in [6.07, 6.45) is 7.60. The molecule has 1 fully saturated rings. The van der Waals surface area contributed by atoms with Crippen LogP contribution in [-0.2, 0) is 14.3 Å². The summed E-state index contributed by atoms with van der Waals surface area (Å²) in [5.41, 5.74) is 1.13. The standard InChI is InChI=1S/C23H31NO4/c1-4-6-14-24-21(16-10-12-19(27-3)13-11-16)20(22(24)25)17-8-7-9-18(15-17)23(26)28-5-2/h7-8,10-13,17-18,20-21H,4-6,9,14-15H2,1-3H3/t17-,18+,20+,21-/m1/s1. The predicted octanol–water partition coefficient (Wildman–Crippen LogP) is 4.14. The molecule has 0 N–H and O–H groups in total. The Morgan fingerprint density at radius 2 is 1.96 bits per heavy atom. The van der Waals surface area contributed by atoms with Crippen molar-refractivity contribution in [3.8, 4) is 5.75 Å². The van der Waals surface area contributed by atoms with Crippen molar-refractivity contribution in [1.82, 2.24) is 4.90 Å². The maximum atomic E-state index is 13.0. The van der Waals surface area contributed by atoms with Crippen LogP contribution in [0.25, 0.3) is 0 Å². The number of methoxy groups -OCH3 is 1. The fourth-order valence-corrected chi connectivity index (χ4v) is 4.40. The number of likely N-dealkylation sites (tertiary alicyclic amines) is 1. The third-order valence-corrected chi connectivity index (χ3v) is 5.90. The molecule has 5 nitrogen and oxygen atoms in total. The van der Waals surface area contributed by atoms with Gasteiger partial charge in [-0.05, 0) is 49.8 Å². The van der Waals surface area contributed by atoms with Crippen molar-refractivity contribution in [2.24, 2.45) is 17.8 Å². The van der Waals surface area contributed by atoms with Crippen molar-refractivity contribution in [2.45, 2.75) is 45.6 Å². The molecule has 1 aliphatic carbocycles. The average Bonchev–Trinajstić information content (AvgIpc) is 2.72. The Labute approximate surface area is 167 Å². The fraction of sp³-hybridized carbons (Fsp3) is 0.565. The molecule has 1 saturated heterocycles. The minimum absolute atomic E-state index is 0.0561. The van der Waals surface area contributed by atoms with Crippen LogP contribution in [0.5, 0.6) is 5.75 Å². The summed E-state index contributed by atoms with van der Waals surface area (Å²) < 4.78 is 10.5. The quantitative estimate of drug-likeness (QED) is 0.383. The lowest BCUT2D eigenvalue weighted by Gasteiger charge is -2.51. The second kappa shape index (κ2) is 9.26. The highest BCUT2D eigenvalue weighted by atomic mass is 16.5. The lowest BCUT2D eigenvalue weighted by atomic mass is 9.69. The van der Waals surface area contributed by atoms with Gasteiger partial charge in [-0.3, -0.25) is 9.59 Å². The van der Waals surface area contributed by atoms with E-state index in [9.17, 15) is 9.59 Å². The van der Waals surface area contributed by atoms with Gasteiger partial charge >= 0.3 is 5.97 Å². The topological polar surface area (TPSA) is 55.8 Å². The van der Waals surface area contributed by atoms with Gasteiger partial charge in [-0.1, -0.05) is 37.6 Å². The largest absolute Gasteiger partial charge is 0.497 e. The summed E-state index contributed by atoms with van der Waals surface area (Å²) in [5, 5.41) is 0. The van der Waals surface area contributed by atoms with Crippen LogP contribution in [0.1, 0.15) is 51.1 Å². The van der Waals surface area contributed by atoms with E-state index in [4.69, 9.17) is 9.47 Å². The van der Waals surface area contributed by atoms with Crippen LogP contribution in [0.2, 0.25) is 0 Å². The number of rotatable bonds is 8. The van der Waals surface area contributed by atoms with Gasteiger partial charge in [0.25, 0.3) is 0 Å². The molecule has 0 radical (unpaired) electrons. The molecule has 1 aliphatic heterocycles. The van der Waals surface area contributed by atoms with E-state index in [1.54, 1.807) is 7.11 Å². The smallest absolute Gasteiger partial charge is 0.309 e. The lowest BCUT2D eigenvalue weighted by Crippen LogP contribution is -2.57. The number of unbranched alkanes of at least 4 members (excludes halogenated alkanes) is 1. The number of allylic oxidation sites excluding steroid dienone is 2. The van der Waals surface area contributed by atoms with Gasteiger partial charge in [0.1, 0.15) is 5.75 Å². The van der Waals surface area contributed by atoms with Gasteiger partial charge in [0, 0.05) is 6.54 Å². The van der Waals surface area contributed by atoms with Gasteiger partial charge in [0.05, 0.1) is 31.6 Å². The number of β-lactam (4-membered cyclic amide) rings is 1. The van der Waals surface area contributed by atoms with Crippen LogP contribution in [0.4, 0.5) is 0 Å². The predicted molar refractivity (Wildman–Crippen MR) is 108 cm³/mol. The fourth-order valence-electron chi connectivity index (χ4n) is 4.40. The van der Waals surface area contributed by atoms with E-state index in [1.165, 1.54) is 0 Å². The number of amides is 1. The zero-order valence-corrected chi connectivity index (χ0v) is 17.1. The summed E-state index contributed by atoms with van der Waals surface area (Å²) in [6, 6.07) is 8.06. The Morgan fingerprint density at radius 3 is 2.61 bits per heavy atom. The molecule has 1 heterocycles. The van der Waals surface area contributed by atoms with Crippen molar-refractivity contribution in [3.63, 3.8) is 0 Å². The molecule has 28 heavy (non-hydrogen) atoms. The highest BCUT2D eigenvalue weighted by Crippen LogP contribution is 2.48. The Morgan fingerprint density at radius 1 is 1.21 bits per heavy atom. The maximum Gasteiger partial charge on any atom is 0.309 e. The van der Waals surface area contributed by atoms with E-state index in [-0.39, 0.29) is 35.7 Å². The Kier molecular flexibility index (Phi) is 6.76. The molecule has 5 heteroatoms. The normalized spacial score (nSPS) is 26.7. The van der Waals surface area contributed by atoms with Gasteiger partial charge in [-0.15, -0.1) is 0 Å². The first-order valence-corrected chi connectivity index (χ1v) is 10.4. The zero-order chi connectivity index (χ0) is 20.1. The molecule has 0 aromatic heterocycles. The summed E-state index contributed by atoms with van der Waals surface area (Å²) in [5.74, 6) is 0.676. The Hall–Kier alpha value is -2.30. The first-order chi connectivity index (χ1) is 13.6. The van der Waals surface area contributed by atoms with Crippen molar-refractivity contribution in [3.05, 3.63) is 42.0 Å². The SMILES string of the molecule is CCCCN1C(=O)[C@@H]([C@@H]2C=CC[C@H](C(=O)OCC)C2)[C@H]1c1ccc(OC)cc1. The van der Waals surface area contributed by atoms with Crippen molar-refractivity contribution >= 4 is 11.9 Å². The van der Waals surface area contributed by atoms with Gasteiger partial charge < -0.3 is 14.4 Å². The number of hydrogen-bond acceptors (Lipinski definition) is 4. The van der Waals surface area contributed by atoms with E-state index in [2.05, 4.69) is 25.1 Å². The maximum absolute atomic E-state index is 13.0. The van der Waals surface area contributed by atoms with Gasteiger partial charge in [-0.2, -0.15) is 0 Å². The lowest BCUT2D eigenvalue weighted by molar-refractivity contribution is -0.162. The number of hydrogen-bond donors (Lipinski definition) is 0. The van der Waals surface area contributed by atoms with Crippen LogP contribution in [0.15, 0.2) is 36.4 Å². The zero-order valence-electron chi connectivity index (χ0n) is 17.1. The monoisotopic (exact) mass is 385 g/mol. The van der Waals surface area contributed by atoms with Crippen molar-refractivity contribution < 1.29 is 19.1 Å². The molecule has 4 atom stereocenters. The van der Waals surface area contributed by atoms with Crippen LogP contribution in [-0.4, -0.2) is 37.0 Å². The van der Waals surface area contributed by atoms with Crippen molar-refractivity contribution in [1.29, 1.82) is 0 Å². The third kappa shape index (κ3) is 4.08. The van der Waals surface area contributed by atoms with Crippen LogP contribution in [0, 0.1) is 17.8 Å². The first-order valence-electron chi connectivity index (χ1n) is 10.4. The summed E-state index contributed by atoms with van der Waals surface area (Å²) in [6.45, 7) is 5.14. The molecule has 0 unspecified atom stereocenters. The molecule has 1 amide bonds. The van der Waals surface area contributed by atoms with Crippen LogP contribution in [0.3, 0.4) is 0 Å². The molecule has 0 bridgehead atoms. The van der Waals surface area contributed by atoms with Gasteiger partial charge in [0.15, 0.2) is 0 Å². The summed E-state index contributed by atoms with van der Waals surface area (Å²) >= 11 is 0. The number of benzene rings is 1. The number of esters is 1. The van der Waals surface area contributed by atoms with Crippen LogP contribution >= 0.6 is 0 Å². The minimum Gasteiger partial charge on any atom is -0.497 e. The molecule has 3 rings (SSSR count). The van der Waals surface area contributed by atoms with Gasteiger partial charge in [0.2, 0.25) is 5.91 Å². The van der Waals surface area contributed by atoms with E-state index in [0.717, 1.165) is 30.7 Å². The third-order valence-electron chi connectivity index (χ3n) is 5.90. The highest BCUT2D eigenvalue weighted by Gasteiger charge is 2.51. The minimum atomic E-state index is -0.149. The molecule has 2 aliphatic rings. The Balaban J connectivity index is 1.81. The number of ether oxygens (including phenoxy) is 2. The first kappa shape index (κ1) is 20.4. The van der Waals surface area contributed by atoms with Crippen LogP contribution < -0.4 is 4.74 Å². The van der Waals surface area contributed by atoms with E-state index >= 15 is 0 Å². The molecular weight excluding hydrogens is 354 g/mol. The molecule has 1 aromatic carbocycles. The van der Waals surface area contributed by atoms with Crippen molar-refractivity contribution in [2.75, 3.05) is 20.3 Å². The highest BCUT2D eigenvalue weighted by molar-refractivity contribution is 5.87. The summed E-state index contributed by atoms with van der Waals surface area (Å²) in [7, 11) is 1.65. The Bertz CT molecular complexity index is 712. The summed E-state index contributed by atoms with van der Waals surface area (Å²) in [4.78, 5) is 27.2. The molecule has 1 aromatic rings. The second-order valence-corrected chi connectivity index (χ2v) is 7.64.